The average molecular weight is 973 g/mol. The van der Waals surface area contributed by atoms with Crippen molar-refractivity contribution in [3.05, 3.63) is 243 Å². The van der Waals surface area contributed by atoms with Crippen LogP contribution in [-0.4, -0.2) is 29.1 Å². The Kier molecular flexibility index (Phi) is 9.17. The van der Waals surface area contributed by atoms with Gasteiger partial charge in [0.05, 0.1) is 38.5 Å². The van der Waals surface area contributed by atoms with Crippen molar-refractivity contribution >= 4 is 87.5 Å². The van der Waals surface area contributed by atoms with Gasteiger partial charge >= 0.3 is 0 Å². The van der Waals surface area contributed by atoms with Gasteiger partial charge < -0.3 is 18.0 Å². The zero-order valence-electron chi connectivity index (χ0n) is 40.6. The molecule has 0 amide bonds. The van der Waals surface area contributed by atoms with Crippen LogP contribution in [0, 0.1) is 0 Å². The van der Waals surface area contributed by atoms with E-state index in [1.54, 1.807) is 0 Å². The van der Waals surface area contributed by atoms with Crippen LogP contribution in [0.1, 0.15) is 0 Å². The molecule has 0 aliphatic carbocycles. The predicted molar refractivity (Wildman–Crippen MR) is 308 cm³/mol. The maximum Gasteiger partial charge on any atom is 0.166 e. The summed E-state index contributed by atoms with van der Waals surface area (Å²) in [5, 5.41) is 8.76. The van der Waals surface area contributed by atoms with E-state index in [9.17, 15) is 0 Å². The van der Waals surface area contributed by atoms with E-state index in [0.29, 0.717) is 17.5 Å². The van der Waals surface area contributed by atoms with E-state index in [0.717, 1.165) is 127 Å². The fraction of sp³-hybridized carbons (Fsp3) is 0. The van der Waals surface area contributed by atoms with E-state index < -0.39 is 0 Å². The number of furan rings is 2. The van der Waals surface area contributed by atoms with Gasteiger partial charge in [0, 0.05) is 77.7 Å². The molecule has 6 heterocycles. The number of rotatable bonds is 7. The molecule has 8 nitrogen and oxygen atoms in total. The van der Waals surface area contributed by atoms with E-state index >= 15 is 0 Å². The third kappa shape index (κ3) is 6.44. The Morgan fingerprint density at radius 2 is 0.737 bits per heavy atom. The Balaban J connectivity index is 0.951. The van der Waals surface area contributed by atoms with Crippen molar-refractivity contribution in [1.82, 2.24) is 29.1 Å². The Bertz CT molecular complexity index is 4920. The summed E-state index contributed by atoms with van der Waals surface area (Å²) in [6.45, 7) is 0. The molecule has 0 aliphatic rings. The molecule has 0 N–H and O–H groups in total. The molecule has 0 bridgehead atoms. The van der Waals surface area contributed by atoms with Crippen LogP contribution in [0.25, 0.3) is 155 Å². The minimum Gasteiger partial charge on any atom is -0.456 e. The van der Waals surface area contributed by atoms with E-state index in [-0.39, 0.29) is 0 Å². The molecule has 0 fully saturated rings. The second-order valence-corrected chi connectivity index (χ2v) is 19.3. The second-order valence-electron chi connectivity index (χ2n) is 19.3. The lowest BCUT2D eigenvalue weighted by atomic mass is 9.97. The number of para-hydroxylation sites is 4. The van der Waals surface area contributed by atoms with Crippen molar-refractivity contribution in [2.45, 2.75) is 0 Å². The molecular formula is C68H40N6O2. The predicted octanol–water partition coefficient (Wildman–Crippen LogP) is 17.6. The van der Waals surface area contributed by atoms with Crippen molar-refractivity contribution < 1.29 is 8.83 Å². The first kappa shape index (κ1) is 42.1. The molecule has 0 saturated carbocycles. The van der Waals surface area contributed by atoms with Gasteiger partial charge in [-0.3, -0.25) is 4.98 Å². The molecular weight excluding hydrogens is 933 g/mol. The minimum atomic E-state index is 0.504. The van der Waals surface area contributed by atoms with E-state index in [4.69, 9.17) is 28.8 Å². The highest BCUT2D eigenvalue weighted by molar-refractivity contribution is 6.26. The fourth-order valence-corrected chi connectivity index (χ4v) is 11.6. The highest BCUT2D eigenvalue weighted by atomic mass is 16.3. The number of hydrogen-bond acceptors (Lipinski definition) is 6. The zero-order chi connectivity index (χ0) is 49.8. The van der Waals surface area contributed by atoms with Crippen LogP contribution >= 0.6 is 0 Å². The summed E-state index contributed by atoms with van der Waals surface area (Å²) in [7, 11) is 0. The maximum absolute atomic E-state index is 6.72. The number of fused-ring (bicyclic) bond motifs is 14. The largest absolute Gasteiger partial charge is 0.456 e. The molecule has 0 atom stereocenters. The molecule has 16 rings (SSSR count). The SMILES string of the molecule is c1ccc(-c2nc(-c3ccccc3)nc(-c3cc(-c4ccc5oc6ccc7c8ccccc8n(-c8ccccc8)c7c6c5c4)cnc3-c3ccc4oc5ccc6c7ccccc7n(-c7ccccc7)c6c5c4c3)n2)cc1. The Morgan fingerprint density at radius 1 is 0.303 bits per heavy atom. The molecule has 8 heteroatoms. The van der Waals surface area contributed by atoms with Crippen LogP contribution < -0.4 is 0 Å². The van der Waals surface area contributed by atoms with Gasteiger partial charge in [0.1, 0.15) is 22.3 Å². The van der Waals surface area contributed by atoms with Gasteiger partial charge in [0.15, 0.2) is 17.5 Å². The number of nitrogens with zero attached hydrogens (tertiary/aromatic N) is 6. The topological polar surface area (TPSA) is 87.7 Å². The smallest absolute Gasteiger partial charge is 0.166 e. The number of pyridine rings is 1. The Hall–Kier alpha value is -10.4. The standard InChI is InChI=1S/C68H40N6O2/c1-5-17-41(18-6-1)66-70-67(42-19-7-2-8-20-42)72-68(71-66)54-39-45(43-29-33-57-52(37-43)61-59(75-57)35-31-50-48-25-13-15-27-55(48)73(64(50)61)46-21-9-3-10-22-46)40-69-63(54)44-30-34-58-53(38-44)62-60(76-58)36-32-51-49-26-14-16-28-56(49)74(65(51)62)47-23-11-4-12-24-47/h1-40H. The lowest BCUT2D eigenvalue weighted by Gasteiger charge is -2.14. The van der Waals surface area contributed by atoms with Gasteiger partial charge in [-0.2, -0.15) is 0 Å². The summed E-state index contributed by atoms with van der Waals surface area (Å²) < 4.78 is 18.1. The minimum absolute atomic E-state index is 0.504. The van der Waals surface area contributed by atoms with E-state index in [1.807, 2.05) is 66.9 Å². The highest BCUT2D eigenvalue weighted by Gasteiger charge is 2.24. The molecule has 6 aromatic heterocycles. The molecule has 0 saturated heterocycles. The van der Waals surface area contributed by atoms with Crippen LogP contribution in [0.5, 0.6) is 0 Å². The maximum atomic E-state index is 6.72. The number of benzene rings is 10. The molecule has 0 unspecified atom stereocenters. The van der Waals surface area contributed by atoms with Crippen molar-refractivity contribution in [1.29, 1.82) is 0 Å². The molecule has 10 aromatic carbocycles. The van der Waals surface area contributed by atoms with Crippen LogP contribution in [0.4, 0.5) is 0 Å². The van der Waals surface area contributed by atoms with Gasteiger partial charge in [-0.15, -0.1) is 0 Å². The molecule has 354 valence electrons. The quantitative estimate of drug-likeness (QED) is 0.158. The highest BCUT2D eigenvalue weighted by Crippen LogP contribution is 2.45. The molecule has 16 aromatic rings. The summed E-state index contributed by atoms with van der Waals surface area (Å²) in [4.78, 5) is 21.1. The average Bonchev–Trinajstić information content (AvgIpc) is 4.37. The van der Waals surface area contributed by atoms with E-state index in [2.05, 4.69) is 185 Å². The summed E-state index contributed by atoms with van der Waals surface area (Å²) in [5.74, 6) is 1.64. The monoisotopic (exact) mass is 972 g/mol. The first-order chi connectivity index (χ1) is 37.7. The third-order valence-corrected chi connectivity index (χ3v) is 15.0. The molecule has 0 spiro atoms. The van der Waals surface area contributed by atoms with Gasteiger partial charge in [0.2, 0.25) is 0 Å². The van der Waals surface area contributed by atoms with Crippen LogP contribution in [0.2, 0.25) is 0 Å². The third-order valence-electron chi connectivity index (χ3n) is 15.0. The first-order valence-corrected chi connectivity index (χ1v) is 25.4. The van der Waals surface area contributed by atoms with Gasteiger partial charge in [-0.1, -0.05) is 140 Å². The van der Waals surface area contributed by atoms with Crippen molar-refractivity contribution in [2.24, 2.45) is 0 Å². The van der Waals surface area contributed by atoms with Crippen LogP contribution in [0.3, 0.4) is 0 Å². The normalized spacial score (nSPS) is 11.9. The van der Waals surface area contributed by atoms with Crippen molar-refractivity contribution in [2.75, 3.05) is 0 Å². The fourth-order valence-electron chi connectivity index (χ4n) is 11.6. The number of aromatic nitrogens is 6. The Morgan fingerprint density at radius 3 is 1.26 bits per heavy atom. The van der Waals surface area contributed by atoms with Crippen molar-refractivity contribution in [3.8, 4) is 67.9 Å². The van der Waals surface area contributed by atoms with Crippen LogP contribution in [0.15, 0.2) is 252 Å². The summed E-state index contributed by atoms with van der Waals surface area (Å²) >= 11 is 0. The Labute approximate surface area is 434 Å². The second kappa shape index (κ2) is 16.5. The molecule has 76 heavy (non-hydrogen) atoms. The first-order valence-electron chi connectivity index (χ1n) is 25.4. The van der Waals surface area contributed by atoms with Gasteiger partial charge in [-0.05, 0) is 103 Å². The summed E-state index contributed by atoms with van der Waals surface area (Å²) in [5.41, 5.74) is 15.9. The zero-order valence-corrected chi connectivity index (χ0v) is 40.6. The van der Waals surface area contributed by atoms with Gasteiger partial charge in [-0.25, -0.2) is 15.0 Å². The lowest BCUT2D eigenvalue weighted by molar-refractivity contribution is 0.669. The van der Waals surface area contributed by atoms with E-state index in [1.165, 1.54) is 10.8 Å². The van der Waals surface area contributed by atoms with Crippen LogP contribution in [-0.2, 0) is 0 Å². The summed E-state index contributed by atoms with van der Waals surface area (Å²) in [6.07, 6.45) is 1.97. The lowest BCUT2D eigenvalue weighted by Crippen LogP contribution is -2.02. The number of hydrogen-bond donors (Lipinski definition) is 0. The van der Waals surface area contributed by atoms with Crippen molar-refractivity contribution in [3.63, 3.8) is 0 Å². The molecule has 0 aliphatic heterocycles. The van der Waals surface area contributed by atoms with Gasteiger partial charge in [0.25, 0.3) is 0 Å². The molecule has 0 radical (unpaired) electrons. The summed E-state index contributed by atoms with van der Waals surface area (Å²) in [6, 6.07) is 82.2.